The van der Waals surface area contributed by atoms with E-state index in [1.54, 1.807) is 15.9 Å². The van der Waals surface area contributed by atoms with Crippen molar-refractivity contribution in [1.82, 2.24) is 0 Å². The minimum atomic E-state index is -0.110. The number of rotatable bonds is 4. The number of hydrogen-bond acceptors (Lipinski definition) is 0. The van der Waals surface area contributed by atoms with E-state index in [1.165, 1.54) is 58.1 Å². The predicted octanol–water partition coefficient (Wildman–Crippen LogP) is 0.465. The van der Waals surface area contributed by atoms with Gasteiger partial charge in [0.2, 0.25) is 0 Å². The van der Waals surface area contributed by atoms with Gasteiger partial charge in [-0.25, -0.2) is 4.39 Å². The molecule has 0 amide bonds. The fourth-order valence-electron chi connectivity index (χ4n) is 3.72. The summed E-state index contributed by atoms with van der Waals surface area (Å²) in [6, 6.07) is 7.08. The van der Waals surface area contributed by atoms with Crippen LogP contribution in [-0.2, 0) is 6.54 Å². The lowest BCUT2D eigenvalue weighted by molar-refractivity contribution is -1.02. The minimum Gasteiger partial charge on any atom is -0.325 e. The molecule has 2 aliphatic rings. The van der Waals surface area contributed by atoms with E-state index in [4.69, 9.17) is 0 Å². The fourth-order valence-corrected chi connectivity index (χ4v) is 3.72. The largest absolute Gasteiger partial charge is 0.325 e. The van der Waals surface area contributed by atoms with Crippen LogP contribution in [0.15, 0.2) is 36.4 Å². The van der Waals surface area contributed by atoms with Crippen molar-refractivity contribution in [1.29, 1.82) is 0 Å². The zero-order chi connectivity index (χ0) is 14.5. The van der Waals surface area contributed by atoms with E-state index in [0.717, 1.165) is 18.0 Å². The summed E-state index contributed by atoms with van der Waals surface area (Å²) in [6.07, 6.45) is 8.62. The van der Waals surface area contributed by atoms with Crippen LogP contribution in [0.1, 0.15) is 24.8 Å². The molecule has 0 bridgehead atoms. The molecular weight excluding hydrogens is 263 g/mol. The third kappa shape index (κ3) is 4.39. The summed E-state index contributed by atoms with van der Waals surface area (Å²) >= 11 is 0. The molecule has 1 aromatic carbocycles. The number of quaternary nitrogens is 2. The van der Waals surface area contributed by atoms with E-state index < -0.39 is 0 Å². The summed E-state index contributed by atoms with van der Waals surface area (Å²) in [5, 5.41) is 0. The lowest BCUT2D eigenvalue weighted by Crippen LogP contribution is -3.27. The molecule has 1 atom stereocenters. The molecule has 1 heterocycles. The molecule has 1 saturated heterocycles. The molecule has 0 saturated carbocycles. The summed E-state index contributed by atoms with van der Waals surface area (Å²) in [5.41, 5.74) is 1.13. The second-order valence-corrected chi connectivity index (χ2v) is 6.66. The molecule has 3 heteroatoms. The maximum absolute atomic E-state index is 13.2. The fraction of sp³-hybridized carbons (Fsp3) is 0.556. The molecule has 114 valence electrons. The first-order valence-corrected chi connectivity index (χ1v) is 8.36. The first-order chi connectivity index (χ1) is 10.3. The van der Waals surface area contributed by atoms with Crippen molar-refractivity contribution >= 4 is 0 Å². The number of allylic oxidation sites excluding steroid dienone is 2. The van der Waals surface area contributed by atoms with E-state index >= 15 is 0 Å². The molecule has 2 N–H and O–H groups in total. The van der Waals surface area contributed by atoms with E-state index in [0.29, 0.717) is 0 Å². The zero-order valence-corrected chi connectivity index (χ0v) is 12.8. The van der Waals surface area contributed by atoms with Crippen LogP contribution in [-0.4, -0.2) is 32.7 Å². The molecule has 2 nitrogen and oxygen atoms in total. The quantitative estimate of drug-likeness (QED) is 0.746. The lowest BCUT2D eigenvalue weighted by Gasteiger charge is -2.32. The molecule has 21 heavy (non-hydrogen) atoms. The first-order valence-electron chi connectivity index (χ1n) is 8.36. The monoisotopic (exact) mass is 290 g/mol. The summed E-state index contributed by atoms with van der Waals surface area (Å²) in [7, 11) is 0. The molecule has 1 aromatic rings. The predicted molar refractivity (Wildman–Crippen MR) is 82.8 cm³/mol. The minimum absolute atomic E-state index is 0.110. The summed E-state index contributed by atoms with van der Waals surface area (Å²) in [5.74, 6) is 0.788. The third-order valence-electron chi connectivity index (χ3n) is 4.96. The van der Waals surface area contributed by atoms with Gasteiger partial charge in [0.05, 0.1) is 6.54 Å². The maximum atomic E-state index is 13.2. The van der Waals surface area contributed by atoms with E-state index in [1.807, 2.05) is 12.1 Å². The van der Waals surface area contributed by atoms with E-state index in [9.17, 15) is 4.39 Å². The summed E-state index contributed by atoms with van der Waals surface area (Å²) < 4.78 is 13.2. The molecule has 1 aliphatic carbocycles. The van der Waals surface area contributed by atoms with Gasteiger partial charge in [-0.3, -0.25) is 0 Å². The Morgan fingerprint density at radius 1 is 1.05 bits per heavy atom. The van der Waals surface area contributed by atoms with Gasteiger partial charge in [-0.05, 0) is 31.4 Å². The Morgan fingerprint density at radius 3 is 2.57 bits per heavy atom. The van der Waals surface area contributed by atoms with Crippen molar-refractivity contribution < 1.29 is 14.2 Å². The molecular formula is C18H27FN2+2. The van der Waals surface area contributed by atoms with Gasteiger partial charge in [0.1, 0.15) is 38.5 Å². The van der Waals surface area contributed by atoms with Crippen LogP contribution in [0.5, 0.6) is 0 Å². The summed E-state index contributed by atoms with van der Waals surface area (Å²) in [6.45, 7) is 7.29. The highest BCUT2D eigenvalue weighted by molar-refractivity contribution is 5.14. The number of nitrogens with one attached hydrogen (secondary N) is 2. The van der Waals surface area contributed by atoms with Crippen molar-refractivity contribution in [3.63, 3.8) is 0 Å². The van der Waals surface area contributed by atoms with Gasteiger partial charge in [-0.1, -0.05) is 24.3 Å². The maximum Gasteiger partial charge on any atom is 0.127 e. The van der Waals surface area contributed by atoms with Crippen LogP contribution in [0.25, 0.3) is 0 Å². The third-order valence-corrected chi connectivity index (χ3v) is 4.96. The molecule has 0 spiro atoms. The molecule has 0 radical (unpaired) electrons. The van der Waals surface area contributed by atoms with Gasteiger partial charge >= 0.3 is 0 Å². The first kappa shape index (κ1) is 14.7. The van der Waals surface area contributed by atoms with Crippen molar-refractivity contribution in [3.8, 4) is 0 Å². The number of piperazine rings is 1. The molecule has 0 aromatic heterocycles. The topological polar surface area (TPSA) is 8.88 Å². The SMILES string of the molecule is Fc1cccc(C[NH+]2CC[NH+](CC3CC=CCC3)CC2)c1. The van der Waals surface area contributed by atoms with Crippen LogP contribution in [0, 0.1) is 11.7 Å². The number of benzene rings is 1. The standard InChI is InChI=1S/C18H25FN2/c19-18-8-4-7-17(13-18)15-21-11-9-20(10-12-21)14-16-5-2-1-3-6-16/h1-2,4,7-8,13,16H,3,5-6,9-12,14-15H2/p+2. The van der Waals surface area contributed by atoms with Gasteiger partial charge in [0.25, 0.3) is 0 Å². The van der Waals surface area contributed by atoms with Crippen LogP contribution in [0.3, 0.4) is 0 Å². The van der Waals surface area contributed by atoms with Crippen LogP contribution >= 0.6 is 0 Å². The highest BCUT2D eigenvalue weighted by atomic mass is 19.1. The number of halogens is 1. The second-order valence-electron chi connectivity index (χ2n) is 6.66. The molecule has 1 fully saturated rings. The van der Waals surface area contributed by atoms with Crippen molar-refractivity contribution in [2.24, 2.45) is 5.92 Å². The Labute approximate surface area is 127 Å². The summed E-state index contributed by atoms with van der Waals surface area (Å²) in [4.78, 5) is 3.38. The van der Waals surface area contributed by atoms with Crippen LogP contribution in [0.2, 0.25) is 0 Å². The smallest absolute Gasteiger partial charge is 0.127 e. The normalized spacial score (nSPS) is 29.5. The van der Waals surface area contributed by atoms with Crippen LogP contribution in [0.4, 0.5) is 4.39 Å². The lowest BCUT2D eigenvalue weighted by atomic mass is 9.94. The Kier molecular flexibility index (Phi) is 5.04. The highest BCUT2D eigenvalue weighted by Crippen LogP contribution is 2.15. The Hall–Kier alpha value is -1.19. The van der Waals surface area contributed by atoms with E-state index in [-0.39, 0.29) is 5.82 Å². The van der Waals surface area contributed by atoms with Gasteiger partial charge in [0.15, 0.2) is 0 Å². The zero-order valence-electron chi connectivity index (χ0n) is 12.8. The van der Waals surface area contributed by atoms with E-state index in [2.05, 4.69) is 12.2 Å². The average molecular weight is 290 g/mol. The van der Waals surface area contributed by atoms with Gasteiger partial charge in [-0.2, -0.15) is 0 Å². The van der Waals surface area contributed by atoms with Gasteiger partial charge < -0.3 is 9.80 Å². The highest BCUT2D eigenvalue weighted by Gasteiger charge is 2.25. The van der Waals surface area contributed by atoms with Crippen molar-refractivity contribution in [3.05, 3.63) is 47.8 Å². The Morgan fingerprint density at radius 2 is 1.86 bits per heavy atom. The number of hydrogen-bond donors (Lipinski definition) is 2. The van der Waals surface area contributed by atoms with Gasteiger partial charge in [-0.15, -0.1) is 0 Å². The molecule has 1 aliphatic heterocycles. The average Bonchev–Trinajstić information content (AvgIpc) is 2.50. The molecule has 3 rings (SSSR count). The molecule has 1 unspecified atom stereocenters. The Balaban J connectivity index is 1.43. The second kappa shape index (κ2) is 7.19. The van der Waals surface area contributed by atoms with Crippen molar-refractivity contribution in [2.45, 2.75) is 25.8 Å². The van der Waals surface area contributed by atoms with Crippen LogP contribution < -0.4 is 9.80 Å². The van der Waals surface area contributed by atoms with Crippen molar-refractivity contribution in [2.75, 3.05) is 32.7 Å². The Bertz CT molecular complexity index is 478. The van der Waals surface area contributed by atoms with Gasteiger partial charge in [0, 0.05) is 11.5 Å².